The Bertz CT molecular complexity index is 424. The van der Waals surface area contributed by atoms with Gasteiger partial charge in [0.25, 0.3) is 0 Å². The van der Waals surface area contributed by atoms with Gasteiger partial charge in [0.05, 0.1) is 17.6 Å². The predicted molar refractivity (Wildman–Crippen MR) is 59.2 cm³/mol. The molecule has 90 valence electrons. The molecule has 0 aromatic rings. The Morgan fingerprint density at radius 3 is 2.62 bits per heavy atom. The van der Waals surface area contributed by atoms with E-state index in [2.05, 4.69) is 5.32 Å². The first-order chi connectivity index (χ1) is 7.33. The number of carbonyl (C=O) groups excluding carboxylic acids is 1. The molecule has 1 rings (SSSR count). The Morgan fingerprint density at radius 1 is 1.62 bits per heavy atom. The first kappa shape index (κ1) is 13.0. The maximum absolute atomic E-state index is 11.8. The summed E-state index contributed by atoms with van der Waals surface area (Å²) in [7, 11) is -3.00. The molecule has 1 amide bonds. The summed E-state index contributed by atoms with van der Waals surface area (Å²) in [6.07, 6.45) is 0.855. The second-order valence-electron chi connectivity index (χ2n) is 4.37. The number of nitrogens with zero attached hydrogens (tertiary/aromatic N) is 1. The highest BCUT2D eigenvalue weighted by Crippen LogP contribution is 2.21. The fourth-order valence-corrected chi connectivity index (χ4v) is 3.22. The van der Waals surface area contributed by atoms with Crippen LogP contribution in [0, 0.1) is 16.7 Å². The third kappa shape index (κ3) is 2.73. The van der Waals surface area contributed by atoms with Gasteiger partial charge in [0.2, 0.25) is 5.91 Å². The summed E-state index contributed by atoms with van der Waals surface area (Å²) in [5.41, 5.74) is -1.06. The van der Waals surface area contributed by atoms with Crippen LogP contribution in [0.3, 0.4) is 0 Å². The lowest BCUT2D eigenvalue weighted by molar-refractivity contribution is -0.128. The van der Waals surface area contributed by atoms with Gasteiger partial charge in [-0.05, 0) is 19.8 Å². The fraction of sp³-hybridized carbons (Fsp3) is 0.800. The number of hydrogen-bond acceptors (Lipinski definition) is 4. The standard InChI is InChI=1S/C10H16N2O3S/c1-3-10(2,7-11)9(13)12-8-4-5-16(14,15)6-8/h8H,3-6H2,1-2H3,(H,12,13). The van der Waals surface area contributed by atoms with Gasteiger partial charge in [-0.3, -0.25) is 4.79 Å². The highest BCUT2D eigenvalue weighted by Gasteiger charge is 2.35. The molecule has 1 saturated heterocycles. The Labute approximate surface area is 95.7 Å². The van der Waals surface area contributed by atoms with Crippen LogP contribution in [0.25, 0.3) is 0 Å². The molecule has 6 heteroatoms. The molecule has 1 fully saturated rings. The van der Waals surface area contributed by atoms with Crippen LogP contribution >= 0.6 is 0 Å². The van der Waals surface area contributed by atoms with E-state index in [0.29, 0.717) is 12.8 Å². The number of nitrogens with one attached hydrogen (secondary N) is 1. The molecule has 5 nitrogen and oxygen atoms in total. The van der Waals surface area contributed by atoms with Gasteiger partial charge in [-0.1, -0.05) is 6.92 Å². The van der Waals surface area contributed by atoms with Crippen molar-refractivity contribution in [3.8, 4) is 6.07 Å². The Balaban J connectivity index is 2.64. The van der Waals surface area contributed by atoms with Crippen molar-refractivity contribution in [2.24, 2.45) is 5.41 Å². The van der Waals surface area contributed by atoms with E-state index in [0.717, 1.165) is 0 Å². The van der Waals surface area contributed by atoms with E-state index in [1.54, 1.807) is 13.8 Å². The van der Waals surface area contributed by atoms with Crippen LogP contribution < -0.4 is 5.32 Å². The topological polar surface area (TPSA) is 87.0 Å². The number of rotatable bonds is 3. The van der Waals surface area contributed by atoms with Crippen molar-refractivity contribution in [1.82, 2.24) is 5.32 Å². The molecule has 0 bridgehead atoms. The zero-order valence-electron chi connectivity index (χ0n) is 9.49. The molecule has 1 heterocycles. The van der Waals surface area contributed by atoms with E-state index in [-0.39, 0.29) is 23.5 Å². The maximum atomic E-state index is 11.8. The number of carbonyl (C=O) groups is 1. The molecule has 0 saturated carbocycles. The van der Waals surface area contributed by atoms with E-state index in [9.17, 15) is 13.2 Å². The third-order valence-corrected chi connectivity index (χ3v) is 4.79. The Morgan fingerprint density at radius 2 is 2.25 bits per heavy atom. The first-order valence-electron chi connectivity index (χ1n) is 5.25. The molecule has 0 aromatic carbocycles. The summed E-state index contributed by atoms with van der Waals surface area (Å²) >= 11 is 0. The molecule has 0 aliphatic carbocycles. The summed E-state index contributed by atoms with van der Waals surface area (Å²) in [5, 5.41) is 11.5. The van der Waals surface area contributed by atoms with E-state index >= 15 is 0 Å². The summed E-state index contributed by atoms with van der Waals surface area (Å²) in [6.45, 7) is 3.32. The summed E-state index contributed by atoms with van der Waals surface area (Å²) in [4.78, 5) is 11.8. The average molecular weight is 244 g/mol. The maximum Gasteiger partial charge on any atom is 0.240 e. The number of sulfone groups is 1. The lowest BCUT2D eigenvalue weighted by Gasteiger charge is -2.21. The second kappa shape index (κ2) is 4.42. The summed E-state index contributed by atoms with van der Waals surface area (Å²) in [6, 6.07) is 1.62. The second-order valence-corrected chi connectivity index (χ2v) is 6.60. The van der Waals surface area contributed by atoms with Crippen molar-refractivity contribution >= 4 is 15.7 Å². The number of hydrogen-bond donors (Lipinski definition) is 1. The smallest absolute Gasteiger partial charge is 0.240 e. The minimum atomic E-state index is -3.00. The summed E-state index contributed by atoms with van der Waals surface area (Å²) in [5.74, 6) is -0.267. The van der Waals surface area contributed by atoms with Crippen molar-refractivity contribution in [2.75, 3.05) is 11.5 Å². The predicted octanol–water partition coefficient (Wildman–Crippen LogP) is 0.230. The van der Waals surface area contributed by atoms with Crippen molar-refractivity contribution in [1.29, 1.82) is 5.26 Å². The molecule has 1 N–H and O–H groups in total. The molecule has 1 aliphatic rings. The highest BCUT2D eigenvalue weighted by atomic mass is 32.2. The van der Waals surface area contributed by atoms with Crippen molar-refractivity contribution in [3.05, 3.63) is 0 Å². The van der Waals surface area contributed by atoms with Crippen molar-refractivity contribution in [3.63, 3.8) is 0 Å². The lowest BCUT2D eigenvalue weighted by atomic mass is 9.88. The molecule has 16 heavy (non-hydrogen) atoms. The van der Waals surface area contributed by atoms with Crippen molar-refractivity contribution in [2.45, 2.75) is 32.7 Å². The molecule has 1 aliphatic heterocycles. The van der Waals surface area contributed by atoms with E-state index < -0.39 is 15.3 Å². The quantitative estimate of drug-likeness (QED) is 0.769. The monoisotopic (exact) mass is 244 g/mol. The van der Waals surface area contributed by atoms with Gasteiger partial charge < -0.3 is 5.32 Å². The molecule has 2 atom stereocenters. The minimum absolute atomic E-state index is 0.00996. The van der Waals surface area contributed by atoms with Gasteiger partial charge in [0.1, 0.15) is 5.41 Å². The van der Waals surface area contributed by atoms with Crippen LogP contribution in [0.2, 0.25) is 0 Å². The van der Waals surface area contributed by atoms with Gasteiger partial charge in [0.15, 0.2) is 9.84 Å². The van der Waals surface area contributed by atoms with E-state index in [4.69, 9.17) is 5.26 Å². The molecule has 0 spiro atoms. The largest absolute Gasteiger partial charge is 0.351 e. The third-order valence-electron chi connectivity index (χ3n) is 3.02. The molecule has 2 unspecified atom stereocenters. The first-order valence-corrected chi connectivity index (χ1v) is 7.08. The van der Waals surface area contributed by atoms with Crippen LogP contribution in [0.4, 0.5) is 0 Å². The van der Waals surface area contributed by atoms with Gasteiger partial charge >= 0.3 is 0 Å². The molecule has 0 radical (unpaired) electrons. The Kier molecular flexibility index (Phi) is 3.58. The zero-order valence-corrected chi connectivity index (χ0v) is 10.3. The van der Waals surface area contributed by atoms with Crippen LogP contribution in [-0.4, -0.2) is 31.9 Å². The summed E-state index contributed by atoms with van der Waals surface area (Å²) < 4.78 is 22.4. The van der Waals surface area contributed by atoms with Crippen LogP contribution in [0.5, 0.6) is 0 Å². The molecular formula is C10H16N2O3S. The highest BCUT2D eigenvalue weighted by molar-refractivity contribution is 7.91. The number of amides is 1. The zero-order chi connectivity index (χ0) is 12.4. The van der Waals surface area contributed by atoms with Crippen molar-refractivity contribution < 1.29 is 13.2 Å². The minimum Gasteiger partial charge on any atom is -0.351 e. The Hall–Kier alpha value is -1.09. The SMILES string of the molecule is CCC(C)(C#N)C(=O)NC1CCS(=O)(=O)C1. The average Bonchev–Trinajstić information content (AvgIpc) is 2.56. The van der Waals surface area contributed by atoms with Gasteiger partial charge in [-0.25, -0.2) is 8.42 Å². The van der Waals surface area contributed by atoms with Crippen LogP contribution in [-0.2, 0) is 14.6 Å². The lowest BCUT2D eigenvalue weighted by Crippen LogP contribution is -2.43. The van der Waals surface area contributed by atoms with Crippen LogP contribution in [0.1, 0.15) is 26.7 Å². The van der Waals surface area contributed by atoms with Crippen LogP contribution in [0.15, 0.2) is 0 Å². The van der Waals surface area contributed by atoms with Gasteiger partial charge in [-0.2, -0.15) is 5.26 Å². The fourth-order valence-electron chi connectivity index (χ4n) is 1.54. The van der Waals surface area contributed by atoms with E-state index in [1.165, 1.54) is 0 Å². The van der Waals surface area contributed by atoms with Gasteiger partial charge in [0, 0.05) is 6.04 Å². The molecule has 0 aromatic heterocycles. The normalized spacial score (nSPS) is 26.7. The number of nitriles is 1. The van der Waals surface area contributed by atoms with Gasteiger partial charge in [-0.15, -0.1) is 0 Å². The molecular weight excluding hydrogens is 228 g/mol. The van der Waals surface area contributed by atoms with E-state index in [1.807, 2.05) is 6.07 Å².